The Bertz CT molecular complexity index is 748. The fourth-order valence-electron chi connectivity index (χ4n) is 3.21. The minimum atomic E-state index is -0.436. The predicted octanol–water partition coefficient (Wildman–Crippen LogP) is 1.24. The monoisotopic (exact) mass is 356 g/mol. The smallest absolute Gasteiger partial charge is 0.252 e. The largest absolute Gasteiger partial charge is 0.364 e. The molecule has 2 N–H and O–H groups in total. The van der Waals surface area contributed by atoms with Crippen molar-refractivity contribution < 1.29 is 9.53 Å². The van der Waals surface area contributed by atoms with Crippen LogP contribution >= 0.6 is 0 Å². The Kier molecular flexibility index (Phi) is 5.75. The number of nitrogens with two attached hydrogens (primary N) is 1. The Morgan fingerprint density at radius 3 is 3.04 bits per heavy atom. The van der Waals surface area contributed by atoms with Crippen LogP contribution in [0.5, 0.6) is 0 Å². The van der Waals surface area contributed by atoms with E-state index >= 15 is 0 Å². The molecule has 2 aromatic rings. The number of rotatable bonds is 7. The SMILES string of the molecule is C=CCN(C(=O)[C@@H]1CC[C@H](CN)O1)C(C)c1cccc(-n2cnnn2)c1. The van der Waals surface area contributed by atoms with E-state index in [0.29, 0.717) is 19.5 Å². The van der Waals surface area contributed by atoms with Crippen LogP contribution in [-0.4, -0.2) is 56.3 Å². The zero-order valence-corrected chi connectivity index (χ0v) is 14.9. The van der Waals surface area contributed by atoms with Gasteiger partial charge < -0.3 is 15.4 Å². The number of nitrogens with zero attached hydrogens (tertiary/aromatic N) is 5. The van der Waals surface area contributed by atoms with Crippen molar-refractivity contribution in [2.24, 2.45) is 5.73 Å². The molecule has 1 aliphatic heterocycles. The van der Waals surface area contributed by atoms with Crippen LogP contribution < -0.4 is 5.73 Å². The topological polar surface area (TPSA) is 99.2 Å². The van der Waals surface area contributed by atoms with Gasteiger partial charge in [0, 0.05) is 13.1 Å². The van der Waals surface area contributed by atoms with E-state index < -0.39 is 6.10 Å². The third kappa shape index (κ3) is 3.81. The highest BCUT2D eigenvalue weighted by Gasteiger charge is 2.34. The molecule has 26 heavy (non-hydrogen) atoms. The van der Waals surface area contributed by atoms with E-state index in [1.165, 1.54) is 6.33 Å². The summed E-state index contributed by atoms with van der Waals surface area (Å²) in [7, 11) is 0. The summed E-state index contributed by atoms with van der Waals surface area (Å²) in [5.74, 6) is -0.0267. The quantitative estimate of drug-likeness (QED) is 0.750. The average molecular weight is 356 g/mol. The molecule has 0 spiro atoms. The molecule has 2 heterocycles. The van der Waals surface area contributed by atoms with Crippen LogP contribution in [0.15, 0.2) is 43.2 Å². The molecule has 1 aliphatic rings. The lowest BCUT2D eigenvalue weighted by molar-refractivity contribution is -0.144. The van der Waals surface area contributed by atoms with Gasteiger partial charge in [-0.05, 0) is 47.9 Å². The van der Waals surface area contributed by atoms with E-state index in [9.17, 15) is 4.79 Å². The van der Waals surface area contributed by atoms with Crippen LogP contribution in [-0.2, 0) is 9.53 Å². The van der Waals surface area contributed by atoms with Gasteiger partial charge in [0.15, 0.2) is 0 Å². The first-order chi connectivity index (χ1) is 12.6. The van der Waals surface area contributed by atoms with Gasteiger partial charge in [0.2, 0.25) is 0 Å². The summed E-state index contributed by atoms with van der Waals surface area (Å²) < 4.78 is 7.37. The van der Waals surface area contributed by atoms with E-state index in [1.807, 2.05) is 31.2 Å². The molecule has 1 aromatic carbocycles. The van der Waals surface area contributed by atoms with Crippen LogP contribution in [0.25, 0.3) is 5.69 Å². The summed E-state index contributed by atoms with van der Waals surface area (Å²) in [6, 6.07) is 7.66. The molecule has 8 nitrogen and oxygen atoms in total. The number of hydrogen-bond acceptors (Lipinski definition) is 6. The Balaban J connectivity index is 1.80. The van der Waals surface area contributed by atoms with E-state index in [4.69, 9.17) is 10.5 Å². The van der Waals surface area contributed by atoms with Gasteiger partial charge in [-0.3, -0.25) is 4.79 Å². The van der Waals surface area contributed by atoms with Gasteiger partial charge in [-0.25, -0.2) is 4.68 Å². The van der Waals surface area contributed by atoms with Crippen molar-refractivity contribution in [1.82, 2.24) is 25.1 Å². The van der Waals surface area contributed by atoms with Crippen LogP contribution in [0.4, 0.5) is 0 Å². The molecule has 1 saturated heterocycles. The predicted molar refractivity (Wildman–Crippen MR) is 96.4 cm³/mol. The van der Waals surface area contributed by atoms with Crippen LogP contribution in [0, 0.1) is 0 Å². The summed E-state index contributed by atoms with van der Waals surface area (Å²) in [6.07, 6.45) is 4.32. The number of carbonyl (C=O) groups is 1. The molecule has 0 bridgehead atoms. The Hall–Kier alpha value is -2.58. The Labute approximate surface area is 152 Å². The second kappa shape index (κ2) is 8.20. The number of aromatic nitrogens is 4. The highest BCUT2D eigenvalue weighted by Crippen LogP contribution is 2.27. The molecule has 3 rings (SSSR count). The zero-order valence-electron chi connectivity index (χ0n) is 14.9. The lowest BCUT2D eigenvalue weighted by Gasteiger charge is -2.31. The minimum Gasteiger partial charge on any atom is -0.364 e. The minimum absolute atomic E-state index is 0.0267. The van der Waals surface area contributed by atoms with E-state index in [0.717, 1.165) is 17.7 Å². The molecule has 0 saturated carbocycles. The molecule has 0 radical (unpaired) electrons. The molecule has 3 atom stereocenters. The molecule has 138 valence electrons. The molecule has 1 unspecified atom stereocenters. The van der Waals surface area contributed by atoms with E-state index in [-0.39, 0.29) is 18.1 Å². The zero-order chi connectivity index (χ0) is 18.5. The van der Waals surface area contributed by atoms with Gasteiger partial charge in [-0.2, -0.15) is 0 Å². The van der Waals surface area contributed by atoms with Crippen molar-refractivity contribution in [1.29, 1.82) is 0 Å². The van der Waals surface area contributed by atoms with Crippen molar-refractivity contribution >= 4 is 5.91 Å². The van der Waals surface area contributed by atoms with Crippen LogP contribution in [0.3, 0.4) is 0 Å². The molecule has 0 aliphatic carbocycles. The lowest BCUT2D eigenvalue weighted by Crippen LogP contribution is -2.41. The third-order valence-corrected chi connectivity index (χ3v) is 4.69. The number of benzene rings is 1. The fraction of sp³-hybridized carbons (Fsp3) is 0.444. The van der Waals surface area contributed by atoms with Crippen LogP contribution in [0.2, 0.25) is 0 Å². The molecule has 8 heteroatoms. The van der Waals surface area contributed by atoms with Gasteiger partial charge in [-0.15, -0.1) is 11.7 Å². The van der Waals surface area contributed by atoms with Crippen molar-refractivity contribution in [3.63, 3.8) is 0 Å². The first-order valence-electron chi connectivity index (χ1n) is 8.74. The van der Waals surface area contributed by atoms with Crippen molar-refractivity contribution in [2.45, 2.75) is 38.0 Å². The molecular formula is C18H24N6O2. The first kappa shape index (κ1) is 18.2. The summed E-state index contributed by atoms with van der Waals surface area (Å²) in [5.41, 5.74) is 7.49. The normalized spacial score (nSPS) is 20.7. The van der Waals surface area contributed by atoms with Crippen molar-refractivity contribution in [3.8, 4) is 5.69 Å². The maximum Gasteiger partial charge on any atom is 0.252 e. The van der Waals surface area contributed by atoms with Gasteiger partial charge in [-0.1, -0.05) is 18.2 Å². The second-order valence-corrected chi connectivity index (χ2v) is 6.36. The van der Waals surface area contributed by atoms with E-state index in [2.05, 4.69) is 22.1 Å². The molecule has 1 fully saturated rings. The second-order valence-electron chi connectivity index (χ2n) is 6.36. The first-order valence-corrected chi connectivity index (χ1v) is 8.74. The third-order valence-electron chi connectivity index (χ3n) is 4.69. The molecule has 1 aromatic heterocycles. The average Bonchev–Trinajstić information content (AvgIpc) is 3.37. The van der Waals surface area contributed by atoms with E-state index in [1.54, 1.807) is 15.7 Å². The number of ether oxygens (including phenoxy) is 1. The van der Waals surface area contributed by atoms with Gasteiger partial charge >= 0.3 is 0 Å². The number of hydrogen-bond donors (Lipinski definition) is 1. The van der Waals surface area contributed by atoms with Gasteiger partial charge in [0.05, 0.1) is 17.8 Å². The lowest BCUT2D eigenvalue weighted by atomic mass is 10.0. The van der Waals surface area contributed by atoms with Gasteiger partial charge in [0.25, 0.3) is 5.91 Å². The maximum atomic E-state index is 13.0. The number of tetrazole rings is 1. The van der Waals surface area contributed by atoms with Crippen molar-refractivity contribution in [2.75, 3.05) is 13.1 Å². The molecule has 1 amide bonds. The highest BCUT2D eigenvalue weighted by molar-refractivity contribution is 5.82. The van der Waals surface area contributed by atoms with Crippen molar-refractivity contribution in [3.05, 3.63) is 48.8 Å². The summed E-state index contributed by atoms with van der Waals surface area (Å²) in [4.78, 5) is 14.8. The summed E-state index contributed by atoms with van der Waals surface area (Å²) >= 11 is 0. The molecular weight excluding hydrogens is 332 g/mol. The summed E-state index contributed by atoms with van der Waals surface area (Å²) in [6.45, 7) is 6.67. The standard InChI is InChI=1S/C18H24N6O2/c1-3-9-23(18(25)17-8-7-16(11-19)26-17)13(2)14-5-4-6-15(10-14)24-12-20-21-22-24/h3-6,10,12-13,16-17H,1,7-9,11,19H2,2H3/t13?,16-,17+/m1/s1. The Morgan fingerprint density at radius 2 is 2.38 bits per heavy atom. The summed E-state index contributed by atoms with van der Waals surface area (Å²) in [5, 5.41) is 11.2. The Morgan fingerprint density at radius 1 is 1.54 bits per heavy atom. The highest BCUT2D eigenvalue weighted by atomic mass is 16.5. The fourth-order valence-corrected chi connectivity index (χ4v) is 3.21. The van der Waals surface area contributed by atoms with Crippen LogP contribution in [0.1, 0.15) is 31.4 Å². The number of amides is 1. The maximum absolute atomic E-state index is 13.0. The van der Waals surface area contributed by atoms with Gasteiger partial charge in [0.1, 0.15) is 12.4 Å². The number of carbonyl (C=O) groups excluding carboxylic acids is 1.